The Kier molecular flexibility index (Phi) is 14.3. The number of rotatable bonds is 15. The van der Waals surface area contributed by atoms with Crippen molar-refractivity contribution in [2.75, 3.05) is 18.5 Å². The van der Waals surface area contributed by atoms with Crippen LogP contribution in [0.5, 0.6) is 0 Å². The van der Waals surface area contributed by atoms with Gasteiger partial charge < -0.3 is 30.7 Å². The second-order valence-electron chi connectivity index (χ2n) is 16.9. The highest BCUT2D eigenvalue weighted by Crippen LogP contribution is 2.44. The molecule has 3 aromatic carbocycles. The summed E-state index contributed by atoms with van der Waals surface area (Å²) in [5.74, 6) is -0.942. The number of hydrogen-bond donors (Lipinski definition) is 4. The topological polar surface area (TPSA) is 181 Å². The number of fused-ring (bicyclic) bond motifs is 4. The number of amides is 4. The molecule has 13 nitrogen and oxygen atoms in total. The molecule has 4 aromatic rings. The van der Waals surface area contributed by atoms with Crippen molar-refractivity contribution < 1.29 is 28.7 Å². The van der Waals surface area contributed by atoms with Gasteiger partial charge in [0.2, 0.25) is 11.8 Å². The maximum absolute atomic E-state index is 14.3. The number of pyridine rings is 1. The summed E-state index contributed by atoms with van der Waals surface area (Å²) in [6.45, 7) is 7.37. The zero-order chi connectivity index (χ0) is 42.8. The lowest BCUT2D eigenvalue weighted by Crippen LogP contribution is -2.53. The SMILES string of the molecule is Cc1cc(=O)n(CC#N)c2cc(NC(=O)[C@H](CCCCNC(=O)OC(C)(C)C)NC(=O)[C@H](CC3CCCCC3)NC(=O)OCC3c4ccccc4-c4ccccc43)ccc12. The van der Waals surface area contributed by atoms with E-state index in [4.69, 9.17) is 9.47 Å². The van der Waals surface area contributed by atoms with Gasteiger partial charge in [-0.05, 0) is 99.2 Å². The molecule has 0 radical (unpaired) electrons. The van der Waals surface area contributed by atoms with Crippen LogP contribution < -0.4 is 26.8 Å². The van der Waals surface area contributed by atoms with Crippen LogP contribution in [0.25, 0.3) is 22.0 Å². The van der Waals surface area contributed by atoms with Crippen molar-refractivity contribution >= 4 is 40.6 Å². The van der Waals surface area contributed by atoms with E-state index in [2.05, 4.69) is 33.4 Å². The Labute approximate surface area is 351 Å². The van der Waals surface area contributed by atoms with Crippen molar-refractivity contribution in [3.8, 4) is 17.2 Å². The van der Waals surface area contributed by atoms with Gasteiger partial charge in [-0.2, -0.15) is 5.26 Å². The molecule has 1 fully saturated rings. The molecule has 0 bridgehead atoms. The number of aromatic nitrogens is 1. The fourth-order valence-corrected chi connectivity index (χ4v) is 8.38. The number of nitrogens with zero attached hydrogens (tertiary/aromatic N) is 2. The van der Waals surface area contributed by atoms with E-state index in [9.17, 15) is 29.2 Å². The van der Waals surface area contributed by atoms with Crippen LogP contribution in [-0.2, 0) is 25.6 Å². The average Bonchev–Trinajstić information content (AvgIpc) is 3.53. The number of aryl methyl sites for hydroxylation is 1. The van der Waals surface area contributed by atoms with Crippen LogP contribution in [0.4, 0.5) is 15.3 Å². The standard InChI is InChI=1S/C47H56N6O7/c1-30-26-42(54)53(25-23-48)41-28-32(21-22-33(30)41)50-43(55)39(20-12-13-24-49-45(57)60-47(2,3)4)51-44(56)40(27-31-14-6-5-7-15-31)52-46(58)59-29-38-36-18-10-8-16-34(36)35-17-9-11-19-37(35)38/h8-11,16-19,21-22,26,28,31,38-40H,5-7,12-15,20,24-25,27,29H2,1-4H3,(H,49,57)(H,50,55)(H,51,56)(H,52,58)/t39-,40-/m0/s1. The van der Waals surface area contributed by atoms with E-state index in [0.29, 0.717) is 37.0 Å². The van der Waals surface area contributed by atoms with Crippen molar-refractivity contribution in [3.63, 3.8) is 0 Å². The van der Waals surface area contributed by atoms with Crippen molar-refractivity contribution in [1.29, 1.82) is 5.26 Å². The first kappa shape index (κ1) is 43.4. The second-order valence-corrected chi connectivity index (χ2v) is 16.9. The van der Waals surface area contributed by atoms with Crippen LogP contribution in [0, 0.1) is 24.2 Å². The monoisotopic (exact) mass is 816 g/mol. The van der Waals surface area contributed by atoms with E-state index in [1.807, 2.05) is 49.4 Å². The minimum absolute atomic E-state index is 0.0908. The number of nitrogens with one attached hydrogen (secondary N) is 4. The van der Waals surface area contributed by atoms with Crippen LogP contribution >= 0.6 is 0 Å². The smallest absolute Gasteiger partial charge is 0.407 e. The molecular weight excluding hydrogens is 761 g/mol. The van der Waals surface area contributed by atoms with Crippen molar-refractivity contribution in [2.45, 2.75) is 116 Å². The third-order valence-corrected chi connectivity index (χ3v) is 11.3. The molecule has 13 heteroatoms. The zero-order valence-corrected chi connectivity index (χ0v) is 35.0. The summed E-state index contributed by atoms with van der Waals surface area (Å²) in [4.78, 5) is 67.0. The van der Waals surface area contributed by atoms with Crippen LogP contribution in [0.1, 0.15) is 101 Å². The third kappa shape index (κ3) is 11.1. The van der Waals surface area contributed by atoms with Crippen molar-refractivity contribution in [1.82, 2.24) is 20.5 Å². The minimum Gasteiger partial charge on any atom is -0.449 e. The van der Waals surface area contributed by atoms with Gasteiger partial charge >= 0.3 is 12.2 Å². The molecule has 0 saturated heterocycles. The van der Waals surface area contributed by atoms with E-state index >= 15 is 0 Å². The van der Waals surface area contributed by atoms with E-state index in [1.54, 1.807) is 39.0 Å². The predicted octanol–water partition coefficient (Wildman–Crippen LogP) is 7.83. The molecule has 1 saturated carbocycles. The summed E-state index contributed by atoms with van der Waals surface area (Å²) in [6.07, 6.45) is 5.39. The van der Waals surface area contributed by atoms with E-state index in [0.717, 1.165) is 65.3 Å². The Bertz CT molecular complexity index is 2260. The minimum atomic E-state index is -1.02. The lowest BCUT2D eigenvalue weighted by Gasteiger charge is -2.28. The van der Waals surface area contributed by atoms with Gasteiger partial charge in [-0.1, -0.05) is 86.7 Å². The summed E-state index contributed by atoms with van der Waals surface area (Å²) >= 11 is 0. The first-order valence-corrected chi connectivity index (χ1v) is 21.0. The van der Waals surface area contributed by atoms with Gasteiger partial charge in [-0.3, -0.25) is 19.0 Å². The van der Waals surface area contributed by atoms with Gasteiger partial charge in [-0.15, -0.1) is 0 Å². The molecule has 2 aliphatic carbocycles. The quantitative estimate of drug-likeness (QED) is 0.0877. The zero-order valence-electron chi connectivity index (χ0n) is 35.0. The number of carbonyl (C=O) groups is 4. The molecular formula is C47H56N6O7. The molecule has 4 N–H and O–H groups in total. The van der Waals surface area contributed by atoms with E-state index in [1.165, 1.54) is 10.6 Å². The van der Waals surface area contributed by atoms with Crippen LogP contribution in [0.15, 0.2) is 77.6 Å². The number of ether oxygens (including phenoxy) is 2. The summed E-state index contributed by atoms with van der Waals surface area (Å²) in [7, 11) is 0. The van der Waals surface area contributed by atoms with Gasteiger partial charge in [0.15, 0.2) is 0 Å². The number of hydrogen-bond acceptors (Lipinski definition) is 8. The van der Waals surface area contributed by atoms with Gasteiger partial charge in [0.05, 0.1) is 11.6 Å². The average molecular weight is 817 g/mol. The van der Waals surface area contributed by atoms with Crippen LogP contribution in [0.2, 0.25) is 0 Å². The summed E-state index contributed by atoms with van der Waals surface area (Å²) in [5.41, 5.74) is 5.00. The first-order chi connectivity index (χ1) is 28.8. The number of alkyl carbamates (subject to hydrolysis) is 2. The second kappa shape index (κ2) is 19.7. The van der Waals surface area contributed by atoms with Crippen LogP contribution in [0.3, 0.4) is 0 Å². The van der Waals surface area contributed by atoms with Crippen molar-refractivity contribution in [2.24, 2.45) is 5.92 Å². The molecule has 316 valence electrons. The Morgan fingerprint density at radius 2 is 1.53 bits per heavy atom. The Hall–Kier alpha value is -6.16. The predicted molar refractivity (Wildman–Crippen MR) is 230 cm³/mol. The van der Waals surface area contributed by atoms with Crippen molar-refractivity contribution in [3.05, 3.63) is 99.8 Å². The molecule has 1 aromatic heterocycles. The summed E-state index contributed by atoms with van der Waals surface area (Å²) in [6, 6.07) is 22.8. The van der Waals surface area contributed by atoms with Gasteiger partial charge in [-0.25, -0.2) is 9.59 Å². The van der Waals surface area contributed by atoms with Gasteiger partial charge in [0.1, 0.15) is 30.8 Å². The molecule has 0 spiro atoms. The molecule has 4 amide bonds. The highest BCUT2D eigenvalue weighted by atomic mass is 16.6. The number of unbranched alkanes of at least 4 members (excludes halogenated alkanes) is 1. The van der Waals surface area contributed by atoms with Crippen LogP contribution in [-0.4, -0.2) is 59.4 Å². The van der Waals surface area contributed by atoms with E-state index in [-0.39, 0.29) is 37.0 Å². The lowest BCUT2D eigenvalue weighted by atomic mass is 9.84. The normalized spacial score (nSPS) is 14.8. The highest BCUT2D eigenvalue weighted by Gasteiger charge is 2.32. The molecule has 1 heterocycles. The molecule has 2 aliphatic rings. The van der Waals surface area contributed by atoms with E-state index < -0.39 is 41.7 Å². The summed E-state index contributed by atoms with van der Waals surface area (Å²) in [5, 5.41) is 21.6. The number of benzene rings is 3. The summed E-state index contributed by atoms with van der Waals surface area (Å²) < 4.78 is 12.5. The molecule has 6 rings (SSSR count). The maximum Gasteiger partial charge on any atom is 0.407 e. The lowest BCUT2D eigenvalue weighted by molar-refractivity contribution is -0.128. The fraction of sp³-hybridized carbons (Fsp3) is 0.447. The molecule has 0 aliphatic heterocycles. The molecule has 2 atom stereocenters. The Morgan fingerprint density at radius 3 is 2.20 bits per heavy atom. The van der Waals surface area contributed by atoms with Gasteiger partial charge in [0, 0.05) is 29.6 Å². The molecule has 0 unspecified atom stereocenters. The largest absolute Gasteiger partial charge is 0.449 e. The maximum atomic E-state index is 14.3. The third-order valence-electron chi connectivity index (χ3n) is 11.3. The Balaban J connectivity index is 1.18. The fourth-order valence-electron chi connectivity index (χ4n) is 8.38. The molecule has 60 heavy (non-hydrogen) atoms. The number of carbonyl (C=O) groups excluding carboxylic acids is 4. The Morgan fingerprint density at radius 1 is 0.850 bits per heavy atom. The number of nitriles is 1. The van der Waals surface area contributed by atoms with Gasteiger partial charge in [0.25, 0.3) is 5.56 Å². The number of anilines is 1. The first-order valence-electron chi connectivity index (χ1n) is 21.0. The highest BCUT2D eigenvalue weighted by molar-refractivity contribution is 5.99.